The van der Waals surface area contributed by atoms with E-state index in [9.17, 15) is 9.59 Å². The Balaban J connectivity index is 1.83. The molecule has 2 aromatic carbocycles. The van der Waals surface area contributed by atoms with Crippen LogP contribution in [0.4, 0.5) is 0 Å². The van der Waals surface area contributed by atoms with E-state index in [0.717, 1.165) is 16.9 Å². The molecule has 2 aromatic rings. The highest BCUT2D eigenvalue weighted by atomic mass is 16.5. The molecule has 0 aromatic heterocycles. The lowest BCUT2D eigenvalue weighted by Gasteiger charge is -2.10. The Morgan fingerprint density at radius 2 is 1.77 bits per heavy atom. The maximum absolute atomic E-state index is 12.3. The van der Waals surface area contributed by atoms with E-state index >= 15 is 0 Å². The minimum atomic E-state index is -0.827. The van der Waals surface area contributed by atoms with Gasteiger partial charge in [-0.2, -0.15) is 0 Å². The van der Waals surface area contributed by atoms with Crippen LogP contribution in [0.2, 0.25) is 0 Å². The third-order valence-corrected chi connectivity index (χ3v) is 3.86. The predicted octanol–water partition coefficient (Wildman–Crippen LogP) is 3.18. The molecule has 0 aliphatic carbocycles. The Kier molecular flexibility index (Phi) is 7.02. The van der Waals surface area contributed by atoms with Crippen LogP contribution in [0.3, 0.4) is 0 Å². The molecular formula is C20H23NO5. The zero-order chi connectivity index (χ0) is 18.9. The molecule has 0 atom stereocenters. The van der Waals surface area contributed by atoms with Gasteiger partial charge in [0.1, 0.15) is 11.5 Å². The molecule has 0 aliphatic rings. The molecule has 6 nitrogen and oxygen atoms in total. The second kappa shape index (κ2) is 9.46. The van der Waals surface area contributed by atoms with Crippen molar-refractivity contribution in [2.75, 3.05) is 13.7 Å². The first kappa shape index (κ1) is 19.3. The minimum Gasteiger partial charge on any atom is -0.497 e. The maximum atomic E-state index is 12.3. The van der Waals surface area contributed by atoms with E-state index in [4.69, 9.17) is 14.6 Å². The third kappa shape index (κ3) is 5.81. The van der Waals surface area contributed by atoms with Crippen LogP contribution >= 0.6 is 0 Å². The summed E-state index contributed by atoms with van der Waals surface area (Å²) >= 11 is 0. The molecule has 0 heterocycles. The second-order valence-corrected chi connectivity index (χ2v) is 5.85. The standard InChI is InChI=1S/C20H23NO5/c1-14-12-17(25-2)9-10-18(14)20(24)21-13-15-5-7-16(8-6-15)26-11-3-4-19(22)23/h5-10,12H,3-4,11,13H2,1-2H3,(H,21,24)(H,22,23). The normalized spacial score (nSPS) is 10.2. The number of nitrogens with one attached hydrogen (secondary N) is 1. The van der Waals surface area contributed by atoms with Crippen LogP contribution in [0.5, 0.6) is 11.5 Å². The fourth-order valence-corrected chi connectivity index (χ4v) is 2.41. The number of carboxylic acids is 1. The lowest BCUT2D eigenvalue weighted by molar-refractivity contribution is -0.137. The van der Waals surface area contributed by atoms with Gasteiger partial charge < -0.3 is 19.9 Å². The number of rotatable bonds is 9. The molecule has 0 bridgehead atoms. The van der Waals surface area contributed by atoms with Gasteiger partial charge in [0.15, 0.2) is 0 Å². The van der Waals surface area contributed by atoms with Gasteiger partial charge in [-0.15, -0.1) is 0 Å². The van der Waals surface area contributed by atoms with Gasteiger partial charge in [-0.25, -0.2) is 0 Å². The SMILES string of the molecule is COc1ccc(C(=O)NCc2ccc(OCCCC(=O)O)cc2)c(C)c1. The molecule has 0 saturated heterocycles. The van der Waals surface area contributed by atoms with E-state index in [0.29, 0.717) is 30.9 Å². The Morgan fingerprint density at radius 3 is 2.38 bits per heavy atom. The van der Waals surface area contributed by atoms with E-state index in [2.05, 4.69) is 5.32 Å². The van der Waals surface area contributed by atoms with Crippen molar-refractivity contribution < 1.29 is 24.2 Å². The largest absolute Gasteiger partial charge is 0.497 e. The smallest absolute Gasteiger partial charge is 0.303 e. The Morgan fingerprint density at radius 1 is 1.08 bits per heavy atom. The monoisotopic (exact) mass is 357 g/mol. The number of aliphatic carboxylic acids is 1. The van der Waals surface area contributed by atoms with Gasteiger partial charge in [0, 0.05) is 18.5 Å². The van der Waals surface area contributed by atoms with Gasteiger partial charge in [0.2, 0.25) is 0 Å². The lowest BCUT2D eigenvalue weighted by atomic mass is 10.1. The number of amides is 1. The van der Waals surface area contributed by atoms with Crippen LogP contribution in [-0.4, -0.2) is 30.7 Å². The van der Waals surface area contributed by atoms with Crippen molar-refractivity contribution >= 4 is 11.9 Å². The summed E-state index contributed by atoms with van der Waals surface area (Å²) in [6.07, 6.45) is 0.559. The van der Waals surface area contributed by atoms with E-state index in [1.165, 1.54) is 0 Å². The number of hydrogen-bond donors (Lipinski definition) is 2. The average Bonchev–Trinajstić information content (AvgIpc) is 2.64. The molecular weight excluding hydrogens is 334 g/mol. The van der Waals surface area contributed by atoms with E-state index in [-0.39, 0.29) is 12.3 Å². The number of carbonyl (C=O) groups is 2. The number of benzene rings is 2. The molecule has 0 radical (unpaired) electrons. The number of carboxylic acid groups (broad SMARTS) is 1. The highest BCUT2D eigenvalue weighted by Gasteiger charge is 2.09. The van der Waals surface area contributed by atoms with Gasteiger partial charge in [-0.05, 0) is 54.8 Å². The van der Waals surface area contributed by atoms with Crippen LogP contribution in [0, 0.1) is 6.92 Å². The summed E-state index contributed by atoms with van der Waals surface area (Å²) in [5.41, 5.74) is 2.42. The number of carbonyl (C=O) groups excluding carboxylic acids is 1. The first-order valence-electron chi connectivity index (χ1n) is 8.36. The van der Waals surface area contributed by atoms with Gasteiger partial charge in [-0.1, -0.05) is 12.1 Å². The second-order valence-electron chi connectivity index (χ2n) is 5.85. The van der Waals surface area contributed by atoms with Crippen LogP contribution in [0.1, 0.15) is 34.3 Å². The van der Waals surface area contributed by atoms with Crippen molar-refractivity contribution in [1.82, 2.24) is 5.32 Å². The molecule has 2 N–H and O–H groups in total. The van der Waals surface area contributed by atoms with Crippen LogP contribution in [0.25, 0.3) is 0 Å². The molecule has 0 fully saturated rings. The topological polar surface area (TPSA) is 84.9 Å². The third-order valence-electron chi connectivity index (χ3n) is 3.86. The molecule has 0 unspecified atom stereocenters. The van der Waals surface area contributed by atoms with E-state index in [1.54, 1.807) is 31.4 Å². The van der Waals surface area contributed by atoms with Crippen molar-refractivity contribution in [3.8, 4) is 11.5 Å². The Bertz CT molecular complexity index is 755. The predicted molar refractivity (Wildman–Crippen MR) is 97.7 cm³/mol. The van der Waals surface area contributed by atoms with Crippen molar-refractivity contribution in [2.24, 2.45) is 0 Å². The molecule has 26 heavy (non-hydrogen) atoms. The van der Waals surface area contributed by atoms with Gasteiger partial charge in [-0.3, -0.25) is 9.59 Å². The van der Waals surface area contributed by atoms with Gasteiger partial charge >= 0.3 is 5.97 Å². The van der Waals surface area contributed by atoms with Crippen LogP contribution in [-0.2, 0) is 11.3 Å². The zero-order valence-corrected chi connectivity index (χ0v) is 15.0. The number of ether oxygens (including phenoxy) is 2. The van der Waals surface area contributed by atoms with Crippen molar-refractivity contribution in [3.05, 3.63) is 59.2 Å². The summed E-state index contributed by atoms with van der Waals surface area (Å²) in [6.45, 7) is 2.64. The summed E-state index contributed by atoms with van der Waals surface area (Å²) in [4.78, 5) is 22.8. The lowest BCUT2D eigenvalue weighted by Crippen LogP contribution is -2.23. The highest BCUT2D eigenvalue weighted by molar-refractivity contribution is 5.95. The average molecular weight is 357 g/mol. The van der Waals surface area contributed by atoms with E-state index in [1.807, 2.05) is 25.1 Å². The Hall–Kier alpha value is -3.02. The fourth-order valence-electron chi connectivity index (χ4n) is 2.41. The number of hydrogen-bond acceptors (Lipinski definition) is 4. The molecule has 1 amide bonds. The number of aryl methyl sites for hydroxylation is 1. The van der Waals surface area contributed by atoms with E-state index < -0.39 is 5.97 Å². The molecule has 0 spiro atoms. The Labute approximate surface area is 152 Å². The molecule has 0 saturated carbocycles. The number of methoxy groups -OCH3 is 1. The molecule has 2 rings (SSSR count). The van der Waals surface area contributed by atoms with Gasteiger partial charge in [0.05, 0.1) is 13.7 Å². The van der Waals surface area contributed by atoms with Crippen molar-refractivity contribution in [3.63, 3.8) is 0 Å². The minimum absolute atomic E-state index is 0.0922. The summed E-state index contributed by atoms with van der Waals surface area (Å²) in [5, 5.41) is 11.5. The first-order chi connectivity index (χ1) is 12.5. The molecule has 6 heteroatoms. The molecule has 0 aliphatic heterocycles. The van der Waals surface area contributed by atoms with Crippen LogP contribution in [0.15, 0.2) is 42.5 Å². The van der Waals surface area contributed by atoms with Gasteiger partial charge in [0.25, 0.3) is 5.91 Å². The fraction of sp³-hybridized carbons (Fsp3) is 0.300. The first-order valence-corrected chi connectivity index (χ1v) is 8.36. The summed E-state index contributed by atoms with van der Waals surface area (Å²) < 4.78 is 10.6. The summed E-state index contributed by atoms with van der Waals surface area (Å²) in [5.74, 6) is 0.431. The van der Waals surface area contributed by atoms with Crippen LogP contribution < -0.4 is 14.8 Å². The molecule has 138 valence electrons. The zero-order valence-electron chi connectivity index (χ0n) is 15.0. The summed E-state index contributed by atoms with van der Waals surface area (Å²) in [7, 11) is 1.59. The highest BCUT2D eigenvalue weighted by Crippen LogP contribution is 2.17. The quantitative estimate of drug-likeness (QED) is 0.673. The summed E-state index contributed by atoms with van der Waals surface area (Å²) in [6, 6.07) is 12.7. The van der Waals surface area contributed by atoms with Crippen molar-refractivity contribution in [1.29, 1.82) is 0 Å². The maximum Gasteiger partial charge on any atom is 0.303 e. The van der Waals surface area contributed by atoms with Crippen molar-refractivity contribution in [2.45, 2.75) is 26.3 Å².